The van der Waals surface area contributed by atoms with Crippen LogP contribution >= 0.6 is 0 Å². The summed E-state index contributed by atoms with van der Waals surface area (Å²) in [6.07, 6.45) is 5.75. The van der Waals surface area contributed by atoms with Crippen molar-refractivity contribution in [2.75, 3.05) is 14.2 Å². The number of hydrogen-bond donors (Lipinski definition) is 1. The molecule has 1 aromatic carbocycles. The first-order chi connectivity index (χ1) is 15.5. The summed E-state index contributed by atoms with van der Waals surface area (Å²) in [5.74, 6) is 1.77. The number of aromatic nitrogens is 2. The molecular formula is C24H30N4O4. The van der Waals surface area contributed by atoms with E-state index in [1.165, 1.54) is 6.26 Å². The van der Waals surface area contributed by atoms with Crippen LogP contribution < -0.4 is 14.8 Å². The van der Waals surface area contributed by atoms with E-state index in [0.717, 1.165) is 29.0 Å². The van der Waals surface area contributed by atoms with Crippen molar-refractivity contribution in [3.63, 3.8) is 0 Å². The molecule has 0 radical (unpaired) electrons. The first kappa shape index (κ1) is 23.3. The number of methoxy groups -OCH3 is 2. The zero-order chi connectivity index (χ0) is 22.9. The SMILES string of the molecule is CCC(C)N(Cc1nc(C(=O)NCc2cccnc2)co1)Cc1cc(OC)ccc1OC. The highest BCUT2D eigenvalue weighted by atomic mass is 16.5. The van der Waals surface area contributed by atoms with Gasteiger partial charge in [-0.05, 0) is 43.2 Å². The van der Waals surface area contributed by atoms with Gasteiger partial charge < -0.3 is 19.2 Å². The first-order valence-corrected chi connectivity index (χ1v) is 10.6. The number of pyridine rings is 1. The van der Waals surface area contributed by atoms with Crippen LogP contribution in [0.5, 0.6) is 11.5 Å². The predicted octanol–water partition coefficient (Wildman–Crippen LogP) is 3.82. The molecule has 0 spiro atoms. The number of benzene rings is 1. The Morgan fingerprint density at radius 1 is 1.22 bits per heavy atom. The number of rotatable bonds is 11. The minimum absolute atomic E-state index is 0.256. The number of carbonyl (C=O) groups is 1. The molecule has 3 aromatic rings. The zero-order valence-corrected chi connectivity index (χ0v) is 19.0. The maximum absolute atomic E-state index is 12.5. The van der Waals surface area contributed by atoms with Crippen molar-refractivity contribution in [3.8, 4) is 11.5 Å². The van der Waals surface area contributed by atoms with Crippen LogP contribution in [0.3, 0.4) is 0 Å². The lowest BCUT2D eigenvalue weighted by Gasteiger charge is -2.28. The highest BCUT2D eigenvalue weighted by molar-refractivity contribution is 5.91. The number of ether oxygens (including phenoxy) is 2. The summed E-state index contributed by atoms with van der Waals surface area (Å²) in [5.41, 5.74) is 2.18. The van der Waals surface area contributed by atoms with E-state index >= 15 is 0 Å². The standard InChI is InChI=1S/C24H30N4O4/c1-5-17(2)28(14-19-11-20(30-3)8-9-22(19)31-4)15-23-27-21(16-32-23)24(29)26-13-18-7-6-10-25-12-18/h6-12,16-17H,5,13-15H2,1-4H3,(H,26,29). The van der Waals surface area contributed by atoms with Gasteiger partial charge in [0.15, 0.2) is 5.69 Å². The fraction of sp³-hybridized carbons (Fsp3) is 0.375. The van der Waals surface area contributed by atoms with E-state index in [0.29, 0.717) is 25.5 Å². The summed E-state index contributed by atoms with van der Waals surface area (Å²) < 4.78 is 16.5. The largest absolute Gasteiger partial charge is 0.497 e. The molecule has 0 aliphatic rings. The molecule has 3 rings (SSSR count). The monoisotopic (exact) mass is 438 g/mol. The lowest BCUT2D eigenvalue weighted by Crippen LogP contribution is -2.32. The van der Waals surface area contributed by atoms with Gasteiger partial charge in [-0.2, -0.15) is 0 Å². The Labute approximate surface area is 188 Å². The van der Waals surface area contributed by atoms with Crippen LogP contribution in [0.1, 0.15) is 47.8 Å². The number of amides is 1. The molecule has 2 heterocycles. The summed E-state index contributed by atoms with van der Waals surface area (Å²) in [6, 6.07) is 9.75. The number of oxazole rings is 1. The van der Waals surface area contributed by atoms with Gasteiger partial charge in [-0.25, -0.2) is 4.98 Å². The lowest BCUT2D eigenvalue weighted by atomic mass is 10.1. The Morgan fingerprint density at radius 3 is 2.75 bits per heavy atom. The van der Waals surface area contributed by atoms with E-state index in [4.69, 9.17) is 13.9 Å². The van der Waals surface area contributed by atoms with Gasteiger partial charge in [0.05, 0.1) is 20.8 Å². The van der Waals surface area contributed by atoms with Gasteiger partial charge in [-0.3, -0.25) is 14.7 Å². The number of hydrogen-bond acceptors (Lipinski definition) is 7. The molecule has 32 heavy (non-hydrogen) atoms. The Hall–Kier alpha value is -3.39. The van der Waals surface area contributed by atoms with E-state index in [2.05, 4.69) is 34.0 Å². The molecule has 1 unspecified atom stereocenters. The number of carbonyl (C=O) groups excluding carboxylic acids is 1. The summed E-state index contributed by atoms with van der Waals surface area (Å²) in [6.45, 7) is 5.75. The summed E-state index contributed by atoms with van der Waals surface area (Å²) >= 11 is 0. The second kappa shape index (κ2) is 11.3. The van der Waals surface area contributed by atoms with Crippen molar-refractivity contribution in [2.24, 2.45) is 0 Å². The average Bonchev–Trinajstić information content (AvgIpc) is 3.30. The van der Waals surface area contributed by atoms with Crippen LogP contribution in [0.2, 0.25) is 0 Å². The van der Waals surface area contributed by atoms with Crippen LogP contribution in [0.15, 0.2) is 53.4 Å². The zero-order valence-electron chi connectivity index (χ0n) is 19.0. The minimum atomic E-state index is -0.284. The fourth-order valence-electron chi connectivity index (χ4n) is 3.29. The summed E-state index contributed by atoms with van der Waals surface area (Å²) in [7, 11) is 3.30. The Morgan fingerprint density at radius 2 is 2.06 bits per heavy atom. The minimum Gasteiger partial charge on any atom is -0.497 e. The van der Waals surface area contributed by atoms with Gasteiger partial charge in [0.2, 0.25) is 5.89 Å². The Bertz CT molecular complexity index is 1010. The molecule has 0 saturated carbocycles. The number of nitrogens with zero attached hydrogens (tertiary/aromatic N) is 3. The van der Waals surface area contributed by atoms with Crippen LogP contribution in [0.25, 0.3) is 0 Å². The van der Waals surface area contributed by atoms with Crippen molar-refractivity contribution in [1.29, 1.82) is 0 Å². The molecule has 1 amide bonds. The summed E-state index contributed by atoms with van der Waals surface area (Å²) in [5, 5.41) is 2.84. The molecule has 0 fully saturated rings. The fourth-order valence-corrected chi connectivity index (χ4v) is 3.29. The Balaban J connectivity index is 1.69. The topological polar surface area (TPSA) is 89.7 Å². The molecule has 0 aliphatic heterocycles. The Kier molecular flexibility index (Phi) is 8.21. The smallest absolute Gasteiger partial charge is 0.273 e. The van der Waals surface area contributed by atoms with E-state index in [9.17, 15) is 4.79 Å². The molecule has 170 valence electrons. The second-order valence-electron chi connectivity index (χ2n) is 7.51. The van der Waals surface area contributed by atoms with Gasteiger partial charge in [-0.1, -0.05) is 13.0 Å². The molecule has 1 atom stereocenters. The molecule has 0 bridgehead atoms. The third kappa shape index (κ3) is 6.07. The maximum atomic E-state index is 12.5. The van der Waals surface area contributed by atoms with Crippen molar-refractivity contribution < 1.29 is 18.7 Å². The molecule has 8 nitrogen and oxygen atoms in total. The third-order valence-electron chi connectivity index (χ3n) is 5.37. The summed E-state index contributed by atoms with van der Waals surface area (Å²) in [4.78, 5) is 23.1. The van der Waals surface area contributed by atoms with E-state index in [-0.39, 0.29) is 17.6 Å². The van der Waals surface area contributed by atoms with Crippen molar-refractivity contribution in [1.82, 2.24) is 20.2 Å². The molecular weight excluding hydrogens is 408 g/mol. The predicted molar refractivity (Wildman–Crippen MR) is 120 cm³/mol. The van der Waals surface area contributed by atoms with E-state index in [1.54, 1.807) is 26.6 Å². The van der Waals surface area contributed by atoms with Gasteiger partial charge in [0.25, 0.3) is 5.91 Å². The van der Waals surface area contributed by atoms with Gasteiger partial charge >= 0.3 is 0 Å². The van der Waals surface area contributed by atoms with Crippen molar-refractivity contribution in [3.05, 3.63) is 71.7 Å². The van der Waals surface area contributed by atoms with Crippen LogP contribution in [-0.2, 0) is 19.6 Å². The quantitative estimate of drug-likeness (QED) is 0.487. The van der Waals surface area contributed by atoms with Crippen LogP contribution in [-0.4, -0.2) is 41.0 Å². The van der Waals surface area contributed by atoms with Gasteiger partial charge in [-0.15, -0.1) is 0 Å². The molecule has 2 aromatic heterocycles. The molecule has 8 heteroatoms. The van der Waals surface area contributed by atoms with Gasteiger partial charge in [0, 0.05) is 37.1 Å². The third-order valence-corrected chi connectivity index (χ3v) is 5.37. The highest BCUT2D eigenvalue weighted by Crippen LogP contribution is 2.27. The van der Waals surface area contributed by atoms with Crippen molar-refractivity contribution >= 4 is 5.91 Å². The highest BCUT2D eigenvalue weighted by Gasteiger charge is 2.20. The van der Waals surface area contributed by atoms with E-state index < -0.39 is 0 Å². The van der Waals surface area contributed by atoms with Crippen LogP contribution in [0, 0.1) is 0 Å². The van der Waals surface area contributed by atoms with Crippen LogP contribution in [0.4, 0.5) is 0 Å². The maximum Gasteiger partial charge on any atom is 0.273 e. The second-order valence-corrected chi connectivity index (χ2v) is 7.51. The van der Waals surface area contributed by atoms with Gasteiger partial charge in [0.1, 0.15) is 17.8 Å². The molecule has 0 aliphatic carbocycles. The molecule has 0 saturated heterocycles. The average molecular weight is 439 g/mol. The van der Waals surface area contributed by atoms with E-state index in [1.807, 2.05) is 30.3 Å². The van der Waals surface area contributed by atoms with Crippen molar-refractivity contribution in [2.45, 2.75) is 45.9 Å². The number of nitrogens with one attached hydrogen (secondary N) is 1. The normalized spacial score (nSPS) is 11.9. The molecule has 1 N–H and O–H groups in total. The first-order valence-electron chi connectivity index (χ1n) is 10.6. The lowest BCUT2D eigenvalue weighted by molar-refractivity contribution is 0.0945.